The van der Waals surface area contributed by atoms with Crippen LogP contribution in [0, 0.1) is 6.92 Å². The van der Waals surface area contributed by atoms with E-state index in [1.807, 2.05) is 26.1 Å². The Morgan fingerprint density at radius 1 is 1.31 bits per heavy atom. The minimum absolute atomic E-state index is 0.135. The molecule has 0 aromatic carbocycles. The van der Waals surface area contributed by atoms with Gasteiger partial charge in [0.25, 0.3) is 0 Å². The highest BCUT2D eigenvalue weighted by molar-refractivity contribution is 5.12. The first-order valence-corrected chi connectivity index (χ1v) is 5.38. The Bertz CT molecular complexity index is 296. The number of rotatable bonds is 6. The summed E-state index contributed by atoms with van der Waals surface area (Å²) >= 11 is 0. The van der Waals surface area contributed by atoms with Gasteiger partial charge in [-0.3, -0.25) is 4.98 Å². The Labute approximate surface area is 97.0 Å². The van der Waals surface area contributed by atoms with Gasteiger partial charge in [-0.15, -0.1) is 0 Å². The maximum Gasteiger partial charge on any atom is 0.171 e. The molecule has 1 N–H and O–H groups in total. The van der Waals surface area contributed by atoms with Crippen LogP contribution in [0.4, 0.5) is 0 Å². The SMILES string of the molecule is COC(OC)C(C)NCc1ccc(C)nc1. The summed E-state index contributed by atoms with van der Waals surface area (Å²) in [6.45, 7) is 4.77. The van der Waals surface area contributed by atoms with Crippen molar-refractivity contribution in [1.82, 2.24) is 10.3 Å². The van der Waals surface area contributed by atoms with E-state index in [1.165, 1.54) is 0 Å². The number of pyridine rings is 1. The minimum Gasteiger partial charge on any atom is -0.354 e. The third-order valence-electron chi connectivity index (χ3n) is 2.47. The van der Waals surface area contributed by atoms with Gasteiger partial charge >= 0.3 is 0 Å². The fraction of sp³-hybridized carbons (Fsp3) is 0.583. The van der Waals surface area contributed by atoms with E-state index < -0.39 is 0 Å². The average molecular weight is 224 g/mol. The van der Waals surface area contributed by atoms with E-state index in [0.29, 0.717) is 0 Å². The molecule has 0 aliphatic rings. The molecule has 0 amide bonds. The zero-order chi connectivity index (χ0) is 12.0. The van der Waals surface area contributed by atoms with Gasteiger partial charge in [0.05, 0.1) is 6.04 Å². The summed E-state index contributed by atoms with van der Waals surface area (Å²) in [5.74, 6) is 0. The van der Waals surface area contributed by atoms with Gasteiger partial charge in [0.15, 0.2) is 6.29 Å². The number of nitrogens with one attached hydrogen (secondary N) is 1. The molecule has 0 aliphatic carbocycles. The standard InChI is InChI=1S/C12H20N2O2/c1-9-5-6-11(7-13-9)8-14-10(2)12(15-3)16-4/h5-7,10,12,14H,8H2,1-4H3. The zero-order valence-electron chi connectivity index (χ0n) is 10.4. The molecule has 1 heterocycles. The van der Waals surface area contributed by atoms with Gasteiger partial charge in [0.2, 0.25) is 0 Å². The predicted molar refractivity (Wildman–Crippen MR) is 63.1 cm³/mol. The number of methoxy groups -OCH3 is 2. The van der Waals surface area contributed by atoms with Crippen molar-refractivity contribution in [3.8, 4) is 0 Å². The molecule has 1 atom stereocenters. The van der Waals surface area contributed by atoms with E-state index in [4.69, 9.17) is 9.47 Å². The highest BCUT2D eigenvalue weighted by atomic mass is 16.7. The van der Waals surface area contributed by atoms with Crippen LogP contribution in [0.5, 0.6) is 0 Å². The summed E-state index contributed by atoms with van der Waals surface area (Å²) in [5, 5.41) is 3.33. The summed E-state index contributed by atoms with van der Waals surface area (Å²) in [5.41, 5.74) is 2.19. The molecule has 90 valence electrons. The third kappa shape index (κ3) is 3.89. The summed E-state index contributed by atoms with van der Waals surface area (Å²) in [4.78, 5) is 4.24. The second-order valence-corrected chi connectivity index (χ2v) is 3.82. The summed E-state index contributed by atoms with van der Waals surface area (Å²) in [6.07, 6.45) is 1.65. The van der Waals surface area contributed by atoms with E-state index >= 15 is 0 Å². The van der Waals surface area contributed by atoms with Gasteiger partial charge < -0.3 is 14.8 Å². The molecule has 0 radical (unpaired) electrons. The van der Waals surface area contributed by atoms with E-state index in [2.05, 4.69) is 16.4 Å². The Kier molecular flexibility index (Phi) is 5.38. The summed E-state index contributed by atoms with van der Waals surface area (Å²) in [6, 6.07) is 4.21. The van der Waals surface area contributed by atoms with Gasteiger partial charge in [-0.2, -0.15) is 0 Å². The number of nitrogens with zero attached hydrogens (tertiary/aromatic N) is 1. The van der Waals surface area contributed by atoms with Crippen LogP contribution in [-0.4, -0.2) is 31.5 Å². The zero-order valence-corrected chi connectivity index (χ0v) is 10.4. The molecule has 1 aromatic rings. The number of aryl methyl sites for hydroxylation is 1. The van der Waals surface area contributed by atoms with Gasteiger partial charge in [-0.25, -0.2) is 0 Å². The largest absolute Gasteiger partial charge is 0.354 e. The third-order valence-corrected chi connectivity index (χ3v) is 2.47. The Balaban J connectivity index is 2.42. The van der Waals surface area contributed by atoms with Crippen LogP contribution < -0.4 is 5.32 Å². The van der Waals surface area contributed by atoms with Crippen molar-refractivity contribution < 1.29 is 9.47 Å². The van der Waals surface area contributed by atoms with E-state index in [9.17, 15) is 0 Å². The van der Waals surface area contributed by atoms with Gasteiger partial charge in [-0.1, -0.05) is 6.07 Å². The van der Waals surface area contributed by atoms with Crippen molar-refractivity contribution >= 4 is 0 Å². The minimum atomic E-state index is -0.224. The first-order valence-electron chi connectivity index (χ1n) is 5.38. The van der Waals surface area contributed by atoms with Crippen molar-refractivity contribution in [2.75, 3.05) is 14.2 Å². The second kappa shape index (κ2) is 6.58. The fourth-order valence-electron chi connectivity index (χ4n) is 1.48. The monoisotopic (exact) mass is 224 g/mol. The molecule has 16 heavy (non-hydrogen) atoms. The average Bonchev–Trinajstić information content (AvgIpc) is 2.30. The molecule has 0 bridgehead atoms. The van der Waals surface area contributed by atoms with Crippen molar-refractivity contribution in [3.05, 3.63) is 29.6 Å². The lowest BCUT2D eigenvalue weighted by molar-refractivity contribution is -0.119. The fourth-order valence-corrected chi connectivity index (χ4v) is 1.48. The predicted octanol–water partition coefficient (Wildman–Crippen LogP) is 1.49. The molecule has 1 rings (SSSR count). The molecular weight excluding hydrogens is 204 g/mol. The molecule has 1 aromatic heterocycles. The van der Waals surface area contributed by atoms with Crippen LogP contribution in [0.25, 0.3) is 0 Å². The second-order valence-electron chi connectivity index (χ2n) is 3.82. The number of aromatic nitrogens is 1. The highest BCUT2D eigenvalue weighted by Gasteiger charge is 2.14. The Hall–Kier alpha value is -0.970. The Morgan fingerprint density at radius 3 is 2.50 bits per heavy atom. The lowest BCUT2D eigenvalue weighted by Crippen LogP contribution is -2.39. The van der Waals surface area contributed by atoms with E-state index in [-0.39, 0.29) is 12.3 Å². The molecule has 4 heteroatoms. The Morgan fingerprint density at radius 2 is 2.00 bits per heavy atom. The summed E-state index contributed by atoms with van der Waals surface area (Å²) in [7, 11) is 3.28. The lowest BCUT2D eigenvalue weighted by Gasteiger charge is -2.22. The smallest absolute Gasteiger partial charge is 0.171 e. The van der Waals surface area contributed by atoms with Crippen LogP contribution in [0.15, 0.2) is 18.3 Å². The maximum atomic E-state index is 5.17. The van der Waals surface area contributed by atoms with Crippen LogP contribution in [0.1, 0.15) is 18.2 Å². The van der Waals surface area contributed by atoms with Crippen LogP contribution in [0.2, 0.25) is 0 Å². The normalized spacial score (nSPS) is 13.1. The molecule has 0 saturated carbocycles. The summed E-state index contributed by atoms with van der Waals surface area (Å²) < 4.78 is 10.3. The van der Waals surface area contributed by atoms with Crippen molar-refractivity contribution in [3.63, 3.8) is 0 Å². The number of ether oxygens (including phenoxy) is 2. The highest BCUT2D eigenvalue weighted by Crippen LogP contribution is 2.02. The first kappa shape index (κ1) is 13.1. The topological polar surface area (TPSA) is 43.4 Å². The quantitative estimate of drug-likeness (QED) is 0.743. The van der Waals surface area contributed by atoms with Crippen LogP contribution >= 0.6 is 0 Å². The molecule has 0 fully saturated rings. The van der Waals surface area contributed by atoms with Crippen molar-refractivity contribution in [2.24, 2.45) is 0 Å². The van der Waals surface area contributed by atoms with Gasteiger partial charge in [0, 0.05) is 32.7 Å². The molecule has 0 aliphatic heterocycles. The number of hydrogen-bond donors (Lipinski definition) is 1. The van der Waals surface area contributed by atoms with Crippen LogP contribution in [0.3, 0.4) is 0 Å². The molecule has 4 nitrogen and oxygen atoms in total. The lowest BCUT2D eigenvalue weighted by atomic mass is 10.2. The molecule has 0 saturated heterocycles. The van der Waals surface area contributed by atoms with Crippen LogP contribution in [-0.2, 0) is 16.0 Å². The molecule has 0 spiro atoms. The van der Waals surface area contributed by atoms with Gasteiger partial charge in [0.1, 0.15) is 0 Å². The molecule has 1 unspecified atom stereocenters. The first-order chi connectivity index (χ1) is 7.67. The van der Waals surface area contributed by atoms with Gasteiger partial charge in [-0.05, 0) is 25.5 Å². The number of hydrogen-bond acceptors (Lipinski definition) is 4. The molecular formula is C12H20N2O2. The van der Waals surface area contributed by atoms with E-state index in [0.717, 1.165) is 17.8 Å². The van der Waals surface area contributed by atoms with Crippen molar-refractivity contribution in [2.45, 2.75) is 32.7 Å². The van der Waals surface area contributed by atoms with E-state index in [1.54, 1.807) is 14.2 Å². The maximum absolute atomic E-state index is 5.17. The van der Waals surface area contributed by atoms with Crippen molar-refractivity contribution in [1.29, 1.82) is 0 Å².